The van der Waals surface area contributed by atoms with Crippen LogP contribution < -0.4 is 16.2 Å². The first kappa shape index (κ1) is 21.2. The van der Waals surface area contributed by atoms with Gasteiger partial charge in [-0.25, -0.2) is 4.98 Å². The van der Waals surface area contributed by atoms with Crippen LogP contribution in [0.4, 0.5) is 5.82 Å². The molecule has 3 aromatic heterocycles. The summed E-state index contributed by atoms with van der Waals surface area (Å²) in [6.45, 7) is 2.47. The largest absolute Gasteiger partial charge is 0.365 e. The fourth-order valence-electron chi connectivity index (χ4n) is 3.45. The molecule has 4 rings (SSSR count). The second-order valence-electron chi connectivity index (χ2n) is 7.39. The number of anilines is 1. The van der Waals surface area contributed by atoms with Crippen molar-refractivity contribution in [3.8, 4) is 0 Å². The molecule has 0 radical (unpaired) electrons. The minimum absolute atomic E-state index is 0.0904. The van der Waals surface area contributed by atoms with E-state index in [4.69, 9.17) is 0 Å². The molecular formula is C24H24N6O2. The summed E-state index contributed by atoms with van der Waals surface area (Å²) in [6.07, 6.45) is 5.71. The molecule has 0 atom stereocenters. The van der Waals surface area contributed by atoms with Gasteiger partial charge in [-0.1, -0.05) is 30.3 Å². The summed E-state index contributed by atoms with van der Waals surface area (Å²) in [5.74, 6) is -0.0504. The van der Waals surface area contributed by atoms with Gasteiger partial charge in [0.1, 0.15) is 6.54 Å². The Balaban J connectivity index is 1.40. The molecule has 0 saturated carbocycles. The Labute approximate surface area is 185 Å². The Morgan fingerprint density at radius 2 is 1.84 bits per heavy atom. The molecule has 0 spiro atoms. The van der Waals surface area contributed by atoms with Gasteiger partial charge in [0.25, 0.3) is 5.56 Å². The van der Waals surface area contributed by atoms with E-state index < -0.39 is 0 Å². The SMILES string of the molecule is Cc1cnc(NCCc2ccccn2)c(=O)n1CC(=O)NCc1nccc2ccccc12. The van der Waals surface area contributed by atoms with Crippen molar-refractivity contribution in [2.24, 2.45) is 0 Å². The lowest BCUT2D eigenvalue weighted by Crippen LogP contribution is -2.34. The molecule has 1 amide bonds. The first-order valence-corrected chi connectivity index (χ1v) is 10.4. The van der Waals surface area contributed by atoms with Gasteiger partial charge in [-0.2, -0.15) is 0 Å². The topological polar surface area (TPSA) is 102 Å². The molecular weight excluding hydrogens is 404 g/mol. The van der Waals surface area contributed by atoms with Crippen molar-refractivity contribution in [1.29, 1.82) is 0 Å². The van der Waals surface area contributed by atoms with Crippen LogP contribution in [0.5, 0.6) is 0 Å². The van der Waals surface area contributed by atoms with Crippen LogP contribution in [-0.2, 0) is 24.3 Å². The van der Waals surface area contributed by atoms with E-state index in [2.05, 4.69) is 25.6 Å². The second kappa shape index (κ2) is 9.82. The zero-order valence-electron chi connectivity index (χ0n) is 17.8. The van der Waals surface area contributed by atoms with Crippen molar-refractivity contribution in [2.75, 3.05) is 11.9 Å². The molecule has 4 aromatic rings. The Hall–Kier alpha value is -4.07. The van der Waals surface area contributed by atoms with Crippen LogP contribution in [-0.4, -0.2) is 32.0 Å². The van der Waals surface area contributed by atoms with E-state index in [1.165, 1.54) is 4.57 Å². The van der Waals surface area contributed by atoms with E-state index in [9.17, 15) is 9.59 Å². The molecule has 2 N–H and O–H groups in total. The van der Waals surface area contributed by atoms with Crippen LogP contribution in [0.1, 0.15) is 17.1 Å². The molecule has 0 fully saturated rings. The van der Waals surface area contributed by atoms with Crippen LogP contribution in [0, 0.1) is 6.92 Å². The van der Waals surface area contributed by atoms with Gasteiger partial charge in [-0.15, -0.1) is 0 Å². The van der Waals surface area contributed by atoms with Gasteiger partial charge in [0, 0.05) is 48.3 Å². The van der Waals surface area contributed by atoms with Crippen LogP contribution in [0.25, 0.3) is 10.8 Å². The molecule has 1 aromatic carbocycles. The van der Waals surface area contributed by atoms with Crippen molar-refractivity contribution >= 4 is 22.5 Å². The molecule has 0 aliphatic carbocycles. The van der Waals surface area contributed by atoms with E-state index in [1.54, 1.807) is 25.5 Å². The molecule has 162 valence electrons. The van der Waals surface area contributed by atoms with Gasteiger partial charge in [0.15, 0.2) is 5.82 Å². The molecule has 32 heavy (non-hydrogen) atoms. The minimum atomic E-state index is -0.329. The zero-order chi connectivity index (χ0) is 22.3. The number of aryl methyl sites for hydroxylation is 1. The maximum absolute atomic E-state index is 12.8. The summed E-state index contributed by atoms with van der Waals surface area (Å²) < 4.78 is 1.42. The summed E-state index contributed by atoms with van der Waals surface area (Å²) in [6, 6.07) is 15.5. The van der Waals surface area contributed by atoms with Crippen molar-refractivity contribution in [3.05, 3.63) is 94.6 Å². The average Bonchev–Trinajstić information content (AvgIpc) is 2.82. The number of hydrogen-bond acceptors (Lipinski definition) is 6. The van der Waals surface area contributed by atoms with E-state index >= 15 is 0 Å². The normalized spacial score (nSPS) is 10.8. The highest BCUT2D eigenvalue weighted by molar-refractivity contribution is 5.84. The monoisotopic (exact) mass is 428 g/mol. The highest BCUT2D eigenvalue weighted by Crippen LogP contribution is 2.15. The molecule has 0 aliphatic heterocycles. The maximum Gasteiger partial charge on any atom is 0.293 e. The van der Waals surface area contributed by atoms with Crippen LogP contribution in [0.2, 0.25) is 0 Å². The van der Waals surface area contributed by atoms with Gasteiger partial charge < -0.3 is 10.6 Å². The second-order valence-corrected chi connectivity index (χ2v) is 7.39. The maximum atomic E-state index is 12.8. The van der Waals surface area contributed by atoms with Crippen molar-refractivity contribution in [2.45, 2.75) is 26.4 Å². The number of carbonyl (C=O) groups excluding carboxylic acids is 1. The first-order valence-electron chi connectivity index (χ1n) is 10.4. The van der Waals surface area contributed by atoms with Crippen molar-refractivity contribution < 1.29 is 4.79 Å². The number of pyridine rings is 2. The van der Waals surface area contributed by atoms with Crippen LogP contribution >= 0.6 is 0 Å². The fraction of sp³-hybridized carbons (Fsp3) is 0.208. The van der Waals surface area contributed by atoms with Gasteiger partial charge in [0.2, 0.25) is 5.91 Å². The molecule has 0 aliphatic rings. The van der Waals surface area contributed by atoms with E-state index in [-0.39, 0.29) is 30.4 Å². The third-order valence-electron chi connectivity index (χ3n) is 5.16. The summed E-state index contributed by atoms with van der Waals surface area (Å²) in [4.78, 5) is 38.3. The number of carbonyl (C=O) groups is 1. The number of fused-ring (bicyclic) bond motifs is 1. The number of hydrogen-bond donors (Lipinski definition) is 2. The van der Waals surface area contributed by atoms with Crippen molar-refractivity contribution in [3.63, 3.8) is 0 Å². The molecule has 0 unspecified atom stereocenters. The smallest absolute Gasteiger partial charge is 0.293 e. The van der Waals surface area contributed by atoms with Gasteiger partial charge in [-0.3, -0.25) is 24.1 Å². The third-order valence-corrected chi connectivity index (χ3v) is 5.16. The Morgan fingerprint density at radius 1 is 1.00 bits per heavy atom. The van der Waals surface area contributed by atoms with E-state index in [1.807, 2.05) is 48.5 Å². The number of nitrogens with zero attached hydrogens (tertiary/aromatic N) is 4. The molecule has 3 heterocycles. The molecule has 0 bridgehead atoms. The predicted molar refractivity (Wildman–Crippen MR) is 123 cm³/mol. The van der Waals surface area contributed by atoms with E-state index in [0.717, 1.165) is 22.2 Å². The standard InChI is InChI=1S/C24H24N6O2/c1-17-14-29-23(27-13-10-19-7-4-5-11-25-19)24(32)30(17)16-22(31)28-15-21-20-8-3-2-6-18(20)9-12-26-21/h2-9,11-12,14H,10,13,15-16H2,1H3,(H,27,29)(H,28,31). The summed E-state index contributed by atoms with van der Waals surface area (Å²) in [5, 5.41) is 7.98. The number of amides is 1. The van der Waals surface area contributed by atoms with Gasteiger partial charge in [0.05, 0.1) is 12.2 Å². The third kappa shape index (κ3) is 4.97. The quantitative estimate of drug-likeness (QED) is 0.447. The molecule has 8 heteroatoms. The molecule has 8 nitrogen and oxygen atoms in total. The Bertz CT molecular complexity index is 1280. The van der Waals surface area contributed by atoms with Gasteiger partial charge in [-0.05, 0) is 30.5 Å². The Morgan fingerprint density at radius 3 is 2.69 bits per heavy atom. The van der Waals surface area contributed by atoms with Gasteiger partial charge >= 0.3 is 0 Å². The van der Waals surface area contributed by atoms with Crippen LogP contribution in [0.3, 0.4) is 0 Å². The lowest BCUT2D eigenvalue weighted by molar-refractivity contribution is -0.121. The predicted octanol–water partition coefficient (Wildman–Crippen LogP) is 2.47. The number of benzene rings is 1. The summed E-state index contributed by atoms with van der Waals surface area (Å²) in [7, 11) is 0. The number of nitrogens with one attached hydrogen (secondary N) is 2. The fourth-order valence-corrected chi connectivity index (χ4v) is 3.45. The lowest BCUT2D eigenvalue weighted by Gasteiger charge is -2.13. The molecule has 0 saturated heterocycles. The lowest BCUT2D eigenvalue weighted by atomic mass is 10.1. The first-order chi connectivity index (χ1) is 15.6. The van der Waals surface area contributed by atoms with Crippen LogP contribution in [0.15, 0.2) is 71.9 Å². The minimum Gasteiger partial charge on any atom is -0.365 e. The number of rotatable bonds is 8. The highest BCUT2D eigenvalue weighted by Gasteiger charge is 2.12. The highest BCUT2D eigenvalue weighted by atomic mass is 16.2. The summed E-state index contributed by atoms with van der Waals surface area (Å²) in [5.41, 5.74) is 1.99. The van der Waals surface area contributed by atoms with E-state index in [0.29, 0.717) is 18.7 Å². The Kier molecular flexibility index (Phi) is 6.50. The average molecular weight is 428 g/mol. The summed E-state index contributed by atoms with van der Waals surface area (Å²) >= 11 is 0. The zero-order valence-corrected chi connectivity index (χ0v) is 17.8. The number of aromatic nitrogens is 4. The van der Waals surface area contributed by atoms with Crippen molar-refractivity contribution in [1.82, 2.24) is 24.8 Å².